The molecule has 0 aromatic rings. The number of nitrogens with one attached hydrogen (secondary N) is 4. The molecule has 0 aromatic heterocycles. The molecule has 152 valence electrons. The second-order valence-electron chi connectivity index (χ2n) is 5.91. The van der Waals surface area contributed by atoms with Crippen LogP contribution in [0.5, 0.6) is 0 Å². The summed E-state index contributed by atoms with van der Waals surface area (Å²) in [5.74, 6) is -1.13. The zero-order valence-electron chi connectivity index (χ0n) is 14.7. The molecule has 0 aromatic carbocycles. The maximum Gasteiger partial charge on any atom is 0.413 e. The predicted octanol–water partition coefficient (Wildman–Crippen LogP) is -0.576. The molecule has 4 N–H and O–H groups in total. The Balaban J connectivity index is 2.01. The lowest BCUT2D eigenvalue weighted by Gasteiger charge is -2.30. The van der Waals surface area contributed by atoms with Crippen LogP contribution >= 0.6 is 23.4 Å². The summed E-state index contributed by atoms with van der Waals surface area (Å²) in [6.07, 6.45) is 1.89. The molecule has 4 unspecified atom stereocenters. The minimum absolute atomic E-state index is 0.0860. The van der Waals surface area contributed by atoms with Crippen molar-refractivity contribution in [1.29, 1.82) is 0 Å². The summed E-state index contributed by atoms with van der Waals surface area (Å²) in [6, 6.07) is -1.08. The van der Waals surface area contributed by atoms with Crippen molar-refractivity contribution in [3.05, 3.63) is 11.2 Å². The largest absolute Gasteiger partial charge is 0.450 e. The van der Waals surface area contributed by atoms with Gasteiger partial charge in [-0.05, 0) is 19.1 Å². The quantitative estimate of drug-likeness (QED) is 0.441. The molecule has 10 nitrogen and oxygen atoms in total. The Morgan fingerprint density at radius 1 is 1.37 bits per heavy atom. The number of carbonyl (C=O) groups is 3. The van der Waals surface area contributed by atoms with E-state index in [2.05, 4.69) is 26.0 Å². The highest BCUT2D eigenvalue weighted by Crippen LogP contribution is 2.31. The van der Waals surface area contributed by atoms with Gasteiger partial charge in [0, 0.05) is 12.5 Å². The summed E-state index contributed by atoms with van der Waals surface area (Å²) in [6.45, 7) is 1.75. The summed E-state index contributed by atoms with van der Waals surface area (Å²) in [7, 11) is -3.51. The average Bonchev–Trinajstić information content (AvgIpc) is 3.02. The molecule has 1 fully saturated rings. The van der Waals surface area contributed by atoms with E-state index in [4.69, 9.17) is 11.6 Å². The van der Waals surface area contributed by atoms with Gasteiger partial charge in [-0.3, -0.25) is 20.2 Å². The monoisotopic (exact) mass is 440 g/mol. The second kappa shape index (κ2) is 9.13. The molecule has 2 heterocycles. The maximum atomic E-state index is 12.6. The molecule has 0 spiro atoms. The van der Waals surface area contributed by atoms with Crippen LogP contribution in [0.15, 0.2) is 11.2 Å². The first-order chi connectivity index (χ1) is 12.6. The number of thioether (sulfide) groups is 1. The van der Waals surface area contributed by atoms with Crippen LogP contribution in [-0.4, -0.2) is 61.9 Å². The van der Waals surface area contributed by atoms with Crippen LogP contribution in [0.4, 0.5) is 4.79 Å². The van der Waals surface area contributed by atoms with E-state index in [1.54, 1.807) is 6.92 Å². The maximum absolute atomic E-state index is 12.6. The summed E-state index contributed by atoms with van der Waals surface area (Å²) in [4.78, 5) is 36.2. The van der Waals surface area contributed by atoms with Gasteiger partial charge < -0.3 is 15.4 Å². The summed E-state index contributed by atoms with van der Waals surface area (Å²) in [5, 5.41) is 9.50. The fourth-order valence-corrected chi connectivity index (χ4v) is 4.81. The topological polar surface area (TPSA) is 143 Å². The minimum atomic E-state index is -3.51. The van der Waals surface area contributed by atoms with E-state index in [0.717, 1.165) is 6.26 Å². The fraction of sp³-hybridized carbons (Fsp3) is 0.643. The van der Waals surface area contributed by atoms with Crippen LogP contribution in [0, 0.1) is 5.92 Å². The Morgan fingerprint density at radius 2 is 2.07 bits per heavy atom. The van der Waals surface area contributed by atoms with Crippen LogP contribution < -0.4 is 21.3 Å². The van der Waals surface area contributed by atoms with Crippen molar-refractivity contribution in [2.75, 3.05) is 18.6 Å². The smallest absolute Gasteiger partial charge is 0.413 e. The Bertz CT molecular complexity index is 744. The van der Waals surface area contributed by atoms with E-state index in [-0.39, 0.29) is 11.6 Å². The van der Waals surface area contributed by atoms with Gasteiger partial charge in [-0.15, -0.1) is 11.8 Å². The minimum Gasteiger partial charge on any atom is -0.450 e. The normalized spacial score (nSPS) is 27.9. The van der Waals surface area contributed by atoms with Crippen LogP contribution in [0.1, 0.15) is 13.3 Å². The van der Waals surface area contributed by atoms with Gasteiger partial charge >= 0.3 is 6.09 Å². The molecule has 13 heteroatoms. The van der Waals surface area contributed by atoms with E-state index in [1.807, 2.05) is 0 Å². The van der Waals surface area contributed by atoms with Gasteiger partial charge in [0.15, 0.2) is 15.3 Å². The third-order valence-corrected chi connectivity index (χ3v) is 6.60. The number of rotatable bonds is 5. The molecule has 27 heavy (non-hydrogen) atoms. The van der Waals surface area contributed by atoms with Crippen molar-refractivity contribution in [3.63, 3.8) is 0 Å². The fourth-order valence-electron chi connectivity index (χ4n) is 2.55. The van der Waals surface area contributed by atoms with Crippen molar-refractivity contribution in [2.45, 2.75) is 30.3 Å². The van der Waals surface area contributed by atoms with E-state index >= 15 is 0 Å². The molecular weight excluding hydrogens is 420 g/mol. The number of imide groups is 1. The molecule has 0 saturated carbocycles. The Labute approximate surface area is 166 Å². The first-order valence-electron chi connectivity index (χ1n) is 8.09. The van der Waals surface area contributed by atoms with Gasteiger partial charge in [0.25, 0.3) is 0 Å². The lowest BCUT2D eigenvalue weighted by molar-refractivity contribution is -0.125. The SMILES string of the molecule is CCOC(=O)NC(=O)C1CCSC1NC(=O)C1NC(S(C)(=O)=O)NC=C1Cl. The second-order valence-corrected chi connectivity index (χ2v) is 9.73. The Morgan fingerprint density at radius 3 is 2.70 bits per heavy atom. The van der Waals surface area contributed by atoms with Crippen LogP contribution in [-0.2, 0) is 24.2 Å². The number of ether oxygens (including phenoxy) is 1. The van der Waals surface area contributed by atoms with Crippen molar-refractivity contribution < 1.29 is 27.5 Å². The molecule has 0 aliphatic carbocycles. The third kappa shape index (κ3) is 5.74. The lowest BCUT2D eigenvalue weighted by atomic mass is 10.1. The van der Waals surface area contributed by atoms with E-state index in [9.17, 15) is 22.8 Å². The summed E-state index contributed by atoms with van der Waals surface area (Å²) < 4.78 is 28.0. The van der Waals surface area contributed by atoms with Crippen molar-refractivity contribution in [1.82, 2.24) is 21.3 Å². The highest BCUT2D eigenvalue weighted by atomic mass is 35.5. The molecule has 3 amide bonds. The molecule has 2 rings (SSSR count). The first kappa shape index (κ1) is 21.8. The summed E-state index contributed by atoms with van der Waals surface area (Å²) in [5.41, 5.74) is -1.16. The first-order valence-corrected chi connectivity index (χ1v) is 11.5. The average molecular weight is 441 g/mol. The van der Waals surface area contributed by atoms with Gasteiger partial charge in [0.2, 0.25) is 11.8 Å². The zero-order chi connectivity index (χ0) is 20.2. The van der Waals surface area contributed by atoms with Crippen molar-refractivity contribution in [3.8, 4) is 0 Å². The number of hydrogen-bond donors (Lipinski definition) is 4. The van der Waals surface area contributed by atoms with Crippen LogP contribution in [0.3, 0.4) is 0 Å². The highest BCUT2D eigenvalue weighted by Gasteiger charge is 2.39. The van der Waals surface area contributed by atoms with Gasteiger partial charge in [0.1, 0.15) is 6.04 Å². The van der Waals surface area contributed by atoms with Crippen molar-refractivity contribution in [2.24, 2.45) is 5.92 Å². The lowest BCUT2D eigenvalue weighted by Crippen LogP contribution is -2.59. The predicted molar refractivity (Wildman–Crippen MR) is 100 cm³/mol. The third-order valence-electron chi connectivity index (χ3n) is 3.87. The molecule has 0 bridgehead atoms. The van der Waals surface area contributed by atoms with E-state index in [1.165, 1.54) is 18.0 Å². The number of alkyl carbamates (subject to hydrolysis) is 1. The molecule has 1 saturated heterocycles. The number of sulfone groups is 1. The van der Waals surface area contributed by atoms with Gasteiger partial charge in [0.05, 0.1) is 22.9 Å². The molecule has 4 atom stereocenters. The number of amides is 3. The van der Waals surface area contributed by atoms with Crippen LogP contribution in [0.2, 0.25) is 0 Å². The van der Waals surface area contributed by atoms with E-state index in [0.29, 0.717) is 12.2 Å². The van der Waals surface area contributed by atoms with Gasteiger partial charge in [-0.1, -0.05) is 11.6 Å². The molecule has 0 radical (unpaired) electrons. The Hall–Kier alpha value is -1.50. The zero-order valence-corrected chi connectivity index (χ0v) is 17.0. The Kier molecular flexibility index (Phi) is 7.37. The molecule has 2 aliphatic rings. The number of hydrogen-bond acceptors (Lipinski definition) is 9. The summed E-state index contributed by atoms with van der Waals surface area (Å²) >= 11 is 7.36. The van der Waals surface area contributed by atoms with E-state index < -0.39 is 50.6 Å². The molecular formula is C14H21ClN4O6S2. The van der Waals surface area contributed by atoms with Crippen LogP contribution in [0.25, 0.3) is 0 Å². The standard InChI is InChI=1S/C14H21ClN4O6S2/c1-3-25-14(22)19-10(20)7-4-5-26-12(7)18-11(21)9-8(15)6-16-13(17-9)27(2,23)24/h6-7,9,12-13,16-17H,3-5H2,1-2H3,(H,18,21)(H,19,20,22). The van der Waals surface area contributed by atoms with Crippen molar-refractivity contribution >= 4 is 51.1 Å². The van der Waals surface area contributed by atoms with Gasteiger partial charge in [-0.2, -0.15) is 0 Å². The van der Waals surface area contributed by atoms with Gasteiger partial charge in [-0.25, -0.2) is 13.2 Å². The number of carbonyl (C=O) groups excluding carboxylic acids is 3. The highest BCUT2D eigenvalue weighted by molar-refractivity contribution is 8.00. The molecule has 2 aliphatic heterocycles. The number of halogens is 1.